The number of hydrogen-bond donors (Lipinski definition) is 1. The Hall–Kier alpha value is -1.46. The monoisotopic (exact) mass is 267 g/mol. The first kappa shape index (κ1) is 14.0. The fourth-order valence-corrected chi connectivity index (χ4v) is 2.38. The predicted octanol–water partition coefficient (Wildman–Crippen LogP) is 1.46. The lowest BCUT2D eigenvalue weighted by Gasteiger charge is -2.43. The van der Waals surface area contributed by atoms with Crippen LogP contribution < -0.4 is 19.5 Å². The minimum atomic E-state index is 0.00708. The Kier molecular flexibility index (Phi) is 4.50. The molecule has 3 unspecified atom stereocenters. The van der Waals surface area contributed by atoms with Gasteiger partial charge < -0.3 is 24.3 Å². The van der Waals surface area contributed by atoms with Crippen molar-refractivity contribution in [2.75, 3.05) is 28.4 Å². The van der Waals surface area contributed by atoms with Crippen molar-refractivity contribution in [1.82, 2.24) is 5.32 Å². The highest BCUT2D eigenvalue weighted by Crippen LogP contribution is 2.40. The molecule has 1 aromatic carbocycles. The first-order valence-corrected chi connectivity index (χ1v) is 6.32. The van der Waals surface area contributed by atoms with E-state index in [2.05, 4.69) is 5.32 Å². The smallest absolute Gasteiger partial charge is 0.203 e. The topological polar surface area (TPSA) is 49.0 Å². The lowest BCUT2D eigenvalue weighted by atomic mass is 9.85. The molecule has 5 heteroatoms. The molecule has 0 radical (unpaired) electrons. The molecule has 1 aliphatic carbocycles. The van der Waals surface area contributed by atoms with Gasteiger partial charge in [0.15, 0.2) is 11.5 Å². The van der Waals surface area contributed by atoms with Crippen LogP contribution in [-0.2, 0) is 4.74 Å². The number of rotatable bonds is 6. The maximum Gasteiger partial charge on any atom is 0.203 e. The SMILES string of the molecule is CNC1CC(Oc2c(OC)cccc2OC)C1OC. The molecule has 1 aliphatic rings. The van der Waals surface area contributed by atoms with Crippen molar-refractivity contribution in [3.8, 4) is 17.2 Å². The molecule has 0 aliphatic heterocycles. The molecule has 19 heavy (non-hydrogen) atoms. The molecule has 0 bridgehead atoms. The van der Waals surface area contributed by atoms with E-state index in [1.54, 1.807) is 21.3 Å². The van der Waals surface area contributed by atoms with Crippen LogP contribution in [0.3, 0.4) is 0 Å². The maximum absolute atomic E-state index is 6.01. The summed E-state index contributed by atoms with van der Waals surface area (Å²) in [5.41, 5.74) is 0. The van der Waals surface area contributed by atoms with Gasteiger partial charge in [0, 0.05) is 19.6 Å². The minimum absolute atomic E-state index is 0.00708. The fourth-order valence-electron chi connectivity index (χ4n) is 2.38. The summed E-state index contributed by atoms with van der Waals surface area (Å²) in [7, 11) is 6.86. The van der Waals surface area contributed by atoms with E-state index in [9.17, 15) is 0 Å². The standard InChI is InChI=1S/C14H21NO4/c1-15-9-8-12(13(9)18-4)19-14-10(16-2)6-5-7-11(14)17-3/h5-7,9,12-13,15H,8H2,1-4H3. The van der Waals surface area contributed by atoms with Crippen LogP contribution in [0, 0.1) is 0 Å². The lowest BCUT2D eigenvalue weighted by molar-refractivity contribution is -0.0881. The van der Waals surface area contributed by atoms with E-state index >= 15 is 0 Å². The van der Waals surface area contributed by atoms with E-state index in [1.165, 1.54) is 0 Å². The number of nitrogens with one attached hydrogen (secondary N) is 1. The summed E-state index contributed by atoms with van der Waals surface area (Å²) < 4.78 is 22.1. The summed E-state index contributed by atoms with van der Waals surface area (Å²) in [6.45, 7) is 0. The van der Waals surface area contributed by atoms with Crippen molar-refractivity contribution in [1.29, 1.82) is 0 Å². The molecule has 5 nitrogen and oxygen atoms in total. The van der Waals surface area contributed by atoms with Crippen molar-refractivity contribution in [2.24, 2.45) is 0 Å². The van der Waals surface area contributed by atoms with Gasteiger partial charge in [-0.25, -0.2) is 0 Å². The highest BCUT2D eigenvalue weighted by molar-refractivity contribution is 5.51. The van der Waals surface area contributed by atoms with Crippen LogP contribution in [0.15, 0.2) is 18.2 Å². The van der Waals surface area contributed by atoms with Crippen molar-refractivity contribution >= 4 is 0 Å². The van der Waals surface area contributed by atoms with Crippen LogP contribution in [0.5, 0.6) is 17.2 Å². The second-order valence-corrected chi connectivity index (χ2v) is 4.48. The minimum Gasteiger partial charge on any atom is -0.493 e. The molecule has 0 amide bonds. The van der Waals surface area contributed by atoms with E-state index in [-0.39, 0.29) is 12.2 Å². The van der Waals surface area contributed by atoms with Crippen LogP contribution in [0.2, 0.25) is 0 Å². The van der Waals surface area contributed by atoms with Crippen LogP contribution >= 0.6 is 0 Å². The van der Waals surface area contributed by atoms with Gasteiger partial charge >= 0.3 is 0 Å². The molecule has 1 aromatic rings. The highest BCUT2D eigenvalue weighted by atomic mass is 16.6. The molecule has 0 spiro atoms. The summed E-state index contributed by atoms with van der Waals surface area (Å²) in [4.78, 5) is 0. The number of hydrogen-bond acceptors (Lipinski definition) is 5. The van der Waals surface area contributed by atoms with E-state index in [1.807, 2.05) is 25.2 Å². The zero-order valence-electron chi connectivity index (χ0n) is 11.8. The largest absolute Gasteiger partial charge is 0.493 e. The molecule has 1 saturated carbocycles. The van der Waals surface area contributed by atoms with Gasteiger partial charge in [-0.15, -0.1) is 0 Å². The van der Waals surface area contributed by atoms with Crippen molar-refractivity contribution in [3.63, 3.8) is 0 Å². The van der Waals surface area contributed by atoms with E-state index in [0.29, 0.717) is 23.3 Å². The molecular formula is C14H21NO4. The van der Waals surface area contributed by atoms with Gasteiger partial charge in [0.05, 0.1) is 14.2 Å². The molecule has 1 fully saturated rings. The van der Waals surface area contributed by atoms with E-state index in [0.717, 1.165) is 6.42 Å². The summed E-state index contributed by atoms with van der Waals surface area (Å²) in [5.74, 6) is 1.97. The van der Waals surface area contributed by atoms with E-state index in [4.69, 9.17) is 18.9 Å². The third kappa shape index (κ3) is 2.62. The van der Waals surface area contributed by atoms with Gasteiger partial charge in [-0.1, -0.05) is 6.07 Å². The van der Waals surface area contributed by atoms with Crippen LogP contribution in [0.25, 0.3) is 0 Å². The molecule has 2 rings (SSSR count). The van der Waals surface area contributed by atoms with Gasteiger partial charge in [-0.3, -0.25) is 0 Å². The van der Waals surface area contributed by atoms with Crippen molar-refractivity contribution < 1.29 is 18.9 Å². The maximum atomic E-state index is 6.01. The number of benzene rings is 1. The summed E-state index contributed by atoms with van der Waals surface area (Å²) >= 11 is 0. The second-order valence-electron chi connectivity index (χ2n) is 4.48. The van der Waals surface area contributed by atoms with Gasteiger partial charge in [0.25, 0.3) is 0 Å². The van der Waals surface area contributed by atoms with Gasteiger partial charge in [-0.05, 0) is 19.2 Å². The van der Waals surface area contributed by atoms with Gasteiger partial charge in [0.2, 0.25) is 5.75 Å². The number of para-hydroxylation sites is 1. The average molecular weight is 267 g/mol. The quantitative estimate of drug-likeness (QED) is 0.845. The van der Waals surface area contributed by atoms with E-state index < -0.39 is 0 Å². The zero-order valence-corrected chi connectivity index (χ0v) is 11.8. The summed E-state index contributed by atoms with van der Waals surface area (Å²) in [6.07, 6.45) is 0.947. The Morgan fingerprint density at radius 3 is 2.21 bits per heavy atom. The molecule has 1 N–H and O–H groups in total. The summed E-state index contributed by atoms with van der Waals surface area (Å²) in [5, 5.41) is 3.21. The molecule has 3 atom stereocenters. The summed E-state index contributed by atoms with van der Waals surface area (Å²) in [6, 6.07) is 5.91. The third-order valence-corrected chi connectivity index (χ3v) is 3.54. The number of likely N-dealkylation sites (N-methyl/N-ethyl adjacent to an activating group) is 1. The highest BCUT2D eigenvalue weighted by Gasteiger charge is 2.43. The van der Waals surface area contributed by atoms with Gasteiger partial charge in [0.1, 0.15) is 12.2 Å². The Bertz CT molecular complexity index is 402. The first-order chi connectivity index (χ1) is 9.24. The average Bonchev–Trinajstić information content (AvgIpc) is 2.43. The second kappa shape index (κ2) is 6.12. The van der Waals surface area contributed by atoms with Crippen LogP contribution in [0.4, 0.5) is 0 Å². The Morgan fingerprint density at radius 2 is 1.74 bits per heavy atom. The Balaban J connectivity index is 2.15. The first-order valence-electron chi connectivity index (χ1n) is 6.32. The van der Waals surface area contributed by atoms with Crippen molar-refractivity contribution in [2.45, 2.75) is 24.7 Å². The third-order valence-electron chi connectivity index (χ3n) is 3.54. The predicted molar refractivity (Wildman–Crippen MR) is 72.2 cm³/mol. The lowest BCUT2D eigenvalue weighted by Crippen LogP contribution is -2.60. The normalized spacial score (nSPS) is 25.6. The molecule has 106 valence electrons. The number of ether oxygens (including phenoxy) is 4. The molecular weight excluding hydrogens is 246 g/mol. The Labute approximate surface area is 113 Å². The number of methoxy groups -OCH3 is 3. The Morgan fingerprint density at radius 1 is 1.11 bits per heavy atom. The van der Waals surface area contributed by atoms with Gasteiger partial charge in [-0.2, -0.15) is 0 Å². The fraction of sp³-hybridized carbons (Fsp3) is 0.571. The molecule has 0 saturated heterocycles. The zero-order chi connectivity index (χ0) is 13.8. The molecule has 0 heterocycles. The molecule has 0 aromatic heterocycles. The van der Waals surface area contributed by atoms with Crippen LogP contribution in [-0.4, -0.2) is 46.6 Å². The van der Waals surface area contributed by atoms with Crippen molar-refractivity contribution in [3.05, 3.63) is 18.2 Å². The van der Waals surface area contributed by atoms with Crippen LogP contribution in [0.1, 0.15) is 6.42 Å².